The van der Waals surface area contributed by atoms with Crippen LogP contribution in [-0.4, -0.2) is 11.9 Å². The van der Waals surface area contributed by atoms with Crippen molar-refractivity contribution in [2.75, 3.05) is 5.73 Å². The summed E-state index contributed by atoms with van der Waals surface area (Å²) in [7, 11) is 0. The molecule has 1 aromatic carbocycles. The third-order valence-electron chi connectivity index (χ3n) is 2.61. The van der Waals surface area contributed by atoms with E-state index in [2.05, 4.69) is 5.32 Å². The Morgan fingerprint density at radius 1 is 1.39 bits per heavy atom. The number of nitrogen functional groups attached to an aromatic ring is 1. The number of alkyl halides is 3. The van der Waals surface area contributed by atoms with E-state index in [1.807, 2.05) is 0 Å². The first-order chi connectivity index (χ1) is 8.29. The van der Waals surface area contributed by atoms with Gasteiger partial charge in [0.2, 0.25) is 0 Å². The summed E-state index contributed by atoms with van der Waals surface area (Å²) in [5, 5.41) is 2.32. The molecule has 18 heavy (non-hydrogen) atoms. The second-order valence-electron chi connectivity index (χ2n) is 4.16. The summed E-state index contributed by atoms with van der Waals surface area (Å²) in [6, 6.07) is 1.92. The third kappa shape index (κ3) is 2.69. The lowest BCUT2D eigenvalue weighted by molar-refractivity contribution is -0.136. The zero-order chi connectivity index (χ0) is 13.5. The van der Waals surface area contributed by atoms with Crippen LogP contribution in [0.3, 0.4) is 0 Å². The monoisotopic (exact) mass is 278 g/mol. The average molecular weight is 279 g/mol. The molecule has 3 nitrogen and oxygen atoms in total. The first-order valence-electron chi connectivity index (χ1n) is 5.26. The van der Waals surface area contributed by atoms with Gasteiger partial charge < -0.3 is 11.1 Å². The summed E-state index contributed by atoms with van der Waals surface area (Å²) < 4.78 is 38.0. The highest BCUT2D eigenvalue weighted by Gasteiger charge is 2.35. The Balaban J connectivity index is 2.36. The SMILES string of the molecule is Nc1c(Cl)cc(C(=O)NC2CC2)cc1C(F)(F)F. The number of halogens is 4. The van der Waals surface area contributed by atoms with E-state index in [-0.39, 0.29) is 16.6 Å². The topological polar surface area (TPSA) is 55.1 Å². The van der Waals surface area contributed by atoms with Gasteiger partial charge in [-0.05, 0) is 25.0 Å². The zero-order valence-electron chi connectivity index (χ0n) is 9.14. The predicted molar refractivity (Wildman–Crippen MR) is 61.4 cm³/mol. The molecule has 0 spiro atoms. The number of benzene rings is 1. The molecule has 0 atom stereocenters. The Bertz CT molecular complexity index is 498. The Labute approximate surface area is 106 Å². The van der Waals surface area contributed by atoms with Crippen LogP contribution in [0, 0.1) is 0 Å². The number of carbonyl (C=O) groups excluding carboxylic acids is 1. The van der Waals surface area contributed by atoms with E-state index in [0.29, 0.717) is 0 Å². The van der Waals surface area contributed by atoms with Gasteiger partial charge in [0.25, 0.3) is 5.91 Å². The fraction of sp³-hybridized carbons (Fsp3) is 0.364. The maximum Gasteiger partial charge on any atom is 0.418 e. The van der Waals surface area contributed by atoms with Crippen LogP contribution in [-0.2, 0) is 6.18 Å². The van der Waals surface area contributed by atoms with Gasteiger partial charge in [-0.25, -0.2) is 0 Å². The Morgan fingerprint density at radius 2 is 2.00 bits per heavy atom. The Morgan fingerprint density at radius 3 is 2.50 bits per heavy atom. The van der Waals surface area contributed by atoms with E-state index in [0.717, 1.165) is 25.0 Å². The minimum atomic E-state index is -4.64. The van der Waals surface area contributed by atoms with Gasteiger partial charge in [0, 0.05) is 11.6 Å². The highest BCUT2D eigenvalue weighted by atomic mass is 35.5. The molecule has 0 aromatic heterocycles. The van der Waals surface area contributed by atoms with Crippen molar-refractivity contribution in [2.24, 2.45) is 0 Å². The predicted octanol–water partition coefficient (Wildman–Crippen LogP) is 2.83. The molecular formula is C11H10ClF3N2O. The van der Waals surface area contributed by atoms with Gasteiger partial charge in [-0.1, -0.05) is 11.6 Å². The molecule has 0 radical (unpaired) electrons. The minimum Gasteiger partial charge on any atom is -0.397 e. The van der Waals surface area contributed by atoms with Crippen LogP contribution in [0.25, 0.3) is 0 Å². The average Bonchev–Trinajstić information content (AvgIpc) is 3.03. The van der Waals surface area contributed by atoms with Crippen molar-refractivity contribution in [2.45, 2.75) is 25.1 Å². The Kier molecular flexibility index (Phi) is 3.14. The van der Waals surface area contributed by atoms with Gasteiger partial charge in [-0.15, -0.1) is 0 Å². The van der Waals surface area contributed by atoms with Gasteiger partial charge in [0.1, 0.15) is 0 Å². The van der Waals surface area contributed by atoms with Crippen LogP contribution in [0.1, 0.15) is 28.8 Å². The molecule has 2 rings (SSSR count). The molecule has 0 bridgehead atoms. The smallest absolute Gasteiger partial charge is 0.397 e. The van der Waals surface area contributed by atoms with Crippen LogP contribution < -0.4 is 11.1 Å². The molecule has 3 N–H and O–H groups in total. The highest BCUT2D eigenvalue weighted by Crippen LogP contribution is 2.37. The number of nitrogens with one attached hydrogen (secondary N) is 1. The number of anilines is 1. The van der Waals surface area contributed by atoms with E-state index in [4.69, 9.17) is 17.3 Å². The zero-order valence-corrected chi connectivity index (χ0v) is 9.90. The van der Waals surface area contributed by atoms with Crippen LogP contribution in [0.2, 0.25) is 5.02 Å². The van der Waals surface area contributed by atoms with Crippen molar-refractivity contribution >= 4 is 23.2 Å². The normalized spacial score (nSPS) is 15.6. The summed E-state index contributed by atoms with van der Waals surface area (Å²) in [5.41, 5.74) is 3.49. The molecule has 0 heterocycles. The van der Waals surface area contributed by atoms with E-state index in [1.54, 1.807) is 0 Å². The van der Waals surface area contributed by atoms with Crippen molar-refractivity contribution < 1.29 is 18.0 Å². The molecule has 1 aliphatic carbocycles. The van der Waals surface area contributed by atoms with E-state index < -0.39 is 23.3 Å². The molecule has 7 heteroatoms. The molecular weight excluding hydrogens is 269 g/mol. The molecule has 1 saturated carbocycles. The van der Waals surface area contributed by atoms with Crippen LogP contribution in [0.15, 0.2) is 12.1 Å². The summed E-state index contributed by atoms with van der Waals surface area (Å²) >= 11 is 5.62. The summed E-state index contributed by atoms with van der Waals surface area (Å²) in [6.45, 7) is 0. The number of hydrogen-bond donors (Lipinski definition) is 2. The number of carbonyl (C=O) groups is 1. The highest BCUT2D eigenvalue weighted by molar-refractivity contribution is 6.33. The van der Waals surface area contributed by atoms with Crippen molar-refractivity contribution in [1.82, 2.24) is 5.32 Å². The third-order valence-corrected chi connectivity index (χ3v) is 2.92. The quantitative estimate of drug-likeness (QED) is 0.817. The summed E-state index contributed by atoms with van der Waals surface area (Å²) in [5.74, 6) is -0.565. The molecule has 1 amide bonds. The molecule has 1 aromatic rings. The minimum absolute atomic E-state index is 0.0585. The summed E-state index contributed by atoms with van der Waals surface area (Å²) in [6.07, 6.45) is -2.94. The first-order valence-corrected chi connectivity index (χ1v) is 5.64. The molecule has 0 saturated heterocycles. The molecule has 1 aliphatic rings. The van der Waals surface area contributed by atoms with Gasteiger partial charge in [0.05, 0.1) is 16.3 Å². The van der Waals surface area contributed by atoms with Crippen molar-refractivity contribution in [3.8, 4) is 0 Å². The van der Waals surface area contributed by atoms with Gasteiger partial charge >= 0.3 is 6.18 Å². The maximum atomic E-state index is 12.7. The molecule has 98 valence electrons. The fourth-order valence-electron chi connectivity index (χ4n) is 1.48. The largest absolute Gasteiger partial charge is 0.418 e. The van der Waals surface area contributed by atoms with E-state index >= 15 is 0 Å². The number of amides is 1. The molecule has 0 aliphatic heterocycles. The standard InChI is InChI=1S/C11H10ClF3N2O/c12-8-4-5(10(18)17-6-1-2-6)3-7(9(8)16)11(13,14)15/h3-4,6H,1-2,16H2,(H,17,18). The van der Waals surface area contributed by atoms with E-state index in [1.165, 1.54) is 0 Å². The van der Waals surface area contributed by atoms with Gasteiger partial charge in [0.15, 0.2) is 0 Å². The van der Waals surface area contributed by atoms with Crippen LogP contribution in [0.4, 0.5) is 18.9 Å². The first kappa shape index (κ1) is 13.0. The second kappa shape index (κ2) is 4.35. The summed E-state index contributed by atoms with van der Waals surface area (Å²) in [4.78, 5) is 11.7. The van der Waals surface area contributed by atoms with Crippen molar-refractivity contribution in [3.05, 3.63) is 28.3 Å². The number of nitrogens with two attached hydrogens (primary N) is 1. The second-order valence-corrected chi connectivity index (χ2v) is 4.57. The Hall–Kier alpha value is -1.43. The van der Waals surface area contributed by atoms with Gasteiger partial charge in [-0.2, -0.15) is 13.2 Å². The lowest BCUT2D eigenvalue weighted by Gasteiger charge is -2.13. The van der Waals surface area contributed by atoms with Gasteiger partial charge in [-0.3, -0.25) is 4.79 Å². The molecule has 0 unspecified atom stereocenters. The maximum absolute atomic E-state index is 12.7. The lowest BCUT2D eigenvalue weighted by atomic mass is 10.1. The number of rotatable bonds is 2. The number of hydrogen-bond acceptors (Lipinski definition) is 2. The molecule has 1 fully saturated rings. The lowest BCUT2D eigenvalue weighted by Crippen LogP contribution is -2.26. The van der Waals surface area contributed by atoms with E-state index in [9.17, 15) is 18.0 Å². The van der Waals surface area contributed by atoms with Crippen LogP contribution >= 0.6 is 11.6 Å². The van der Waals surface area contributed by atoms with Crippen molar-refractivity contribution in [3.63, 3.8) is 0 Å². The fourth-order valence-corrected chi connectivity index (χ4v) is 1.70. The van der Waals surface area contributed by atoms with Crippen molar-refractivity contribution in [1.29, 1.82) is 0 Å². The van der Waals surface area contributed by atoms with Crippen LogP contribution in [0.5, 0.6) is 0 Å².